The van der Waals surface area contributed by atoms with Crippen LogP contribution in [0.1, 0.15) is 124 Å². The summed E-state index contributed by atoms with van der Waals surface area (Å²) in [6, 6.07) is 0. The topological polar surface area (TPSA) is 81.7 Å². The zero-order valence-corrected chi connectivity index (χ0v) is 21.7. The van der Waals surface area contributed by atoms with E-state index in [0.29, 0.717) is 6.42 Å². The molecule has 0 aromatic carbocycles. The lowest BCUT2D eigenvalue weighted by atomic mass is 9.93. The molecular formula is C27H49NO5. The second-order valence-corrected chi connectivity index (χ2v) is 9.21. The first-order valence-electron chi connectivity index (χ1n) is 13.0. The summed E-state index contributed by atoms with van der Waals surface area (Å²) in [5.41, 5.74) is -0.871. The zero-order chi connectivity index (χ0) is 24.8. The van der Waals surface area contributed by atoms with E-state index in [2.05, 4.69) is 24.4 Å². The summed E-state index contributed by atoms with van der Waals surface area (Å²) in [6.07, 6.45) is 22.4. The molecule has 1 amide bonds. The van der Waals surface area contributed by atoms with E-state index in [0.717, 1.165) is 25.7 Å². The lowest BCUT2D eigenvalue weighted by molar-refractivity contribution is -0.150. The highest BCUT2D eigenvalue weighted by Gasteiger charge is 2.33. The van der Waals surface area contributed by atoms with Gasteiger partial charge in [-0.05, 0) is 32.1 Å². The van der Waals surface area contributed by atoms with Crippen LogP contribution in [-0.2, 0) is 23.9 Å². The van der Waals surface area contributed by atoms with Gasteiger partial charge < -0.3 is 14.8 Å². The van der Waals surface area contributed by atoms with Crippen molar-refractivity contribution in [2.45, 2.75) is 130 Å². The molecule has 0 rings (SSSR count). The first kappa shape index (κ1) is 31.1. The largest absolute Gasteiger partial charge is 0.463 e. The summed E-state index contributed by atoms with van der Waals surface area (Å²) in [7, 11) is 0. The molecule has 0 fully saturated rings. The second-order valence-electron chi connectivity index (χ2n) is 9.21. The van der Waals surface area contributed by atoms with E-state index < -0.39 is 17.5 Å². The minimum Gasteiger partial charge on any atom is -0.463 e. The highest BCUT2D eigenvalue weighted by molar-refractivity contribution is 5.74. The van der Waals surface area contributed by atoms with Crippen molar-refractivity contribution in [2.75, 3.05) is 13.2 Å². The number of allylic oxidation sites excluding steroid dienone is 2. The lowest BCUT2D eigenvalue weighted by Crippen LogP contribution is -2.55. The van der Waals surface area contributed by atoms with Crippen LogP contribution >= 0.6 is 0 Å². The smallest absolute Gasteiger partial charge is 0.302 e. The van der Waals surface area contributed by atoms with E-state index >= 15 is 0 Å². The van der Waals surface area contributed by atoms with Crippen LogP contribution in [0.5, 0.6) is 0 Å². The quantitative estimate of drug-likeness (QED) is 0.120. The van der Waals surface area contributed by atoms with Gasteiger partial charge in [-0.3, -0.25) is 14.4 Å². The van der Waals surface area contributed by atoms with Crippen molar-refractivity contribution in [3.63, 3.8) is 0 Å². The average molecular weight is 468 g/mol. The fourth-order valence-electron chi connectivity index (χ4n) is 3.88. The van der Waals surface area contributed by atoms with Gasteiger partial charge in [0.25, 0.3) is 0 Å². The van der Waals surface area contributed by atoms with Crippen molar-refractivity contribution in [1.29, 1.82) is 0 Å². The van der Waals surface area contributed by atoms with E-state index in [9.17, 15) is 14.4 Å². The van der Waals surface area contributed by atoms with Gasteiger partial charge in [-0.15, -0.1) is 0 Å². The summed E-state index contributed by atoms with van der Waals surface area (Å²) in [5.74, 6) is -1.08. The minimum absolute atomic E-state index is 0.000266. The first-order chi connectivity index (χ1) is 15.8. The molecule has 0 aliphatic rings. The molecule has 1 N–H and O–H groups in total. The summed E-state index contributed by atoms with van der Waals surface area (Å²) in [5, 5.41) is 2.86. The maximum absolute atomic E-state index is 11.7. The van der Waals surface area contributed by atoms with E-state index in [-0.39, 0.29) is 19.1 Å². The van der Waals surface area contributed by atoms with Gasteiger partial charge in [-0.1, -0.05) is 83.3 Å². The van der Waals surface area contributed by atoms with Crippen molar-refractivity contribution < 1.29 is 23.9 Å². The van der Waals surface area contributed by atoms with Gasteiger partial charge in [0.05, 0.1) is 0 Å². The summed E-state index contributed by atoms with van der Waals surface area (Å²) >= 11 is 0. The van der Waals surface area contributed by atoms with Gasteiger partial charge in [-0.25, -0.2) is 0 Å². The highest BCUT2D eigenvalue weighted by atomic mass is 16.5. The molecule has 0 aromatic heterocycles. The van der Waals surface area contributed by atoms with Gasteiger partial charge in [-0.2, -0.15) is 0 Å². The molecule has 6 nitrogen and oxygen atoms in total. The van der Waals surface area contributed by atoms with Crippen LogP contribution in [-0.4, -0.2) is 36.6 Å². The van der Waals surface area contributed by atoms with Crippen LogP contribution < -0.4 is 5.32 Å². The molecule has 6 heteroatoms. The molecule has 0 saturated carbocycles. The number of hydrogen-bond donors (Lipinski definition) is 1. The fourth-order valence-corrected chi connectivity index (χ4v) is 3.88. The van der Waals surface area contributed by atoms with Crippen LogP contribution in [0.4, 0.5) is 0 Å². The van der Waals surface area contributed by atoms with Crippen molar-refractivity contribution in [2.24, 2.45) is 0 Å². The SMILES string of the molecule is CCCCCCCC/C=C/CCCCCCCCC(COC(C)=O)(COC(C)=O)NC(C)=O. The van der Waals surface area contributed by atoms with E-state index in [1.54, 1.807) is 0 Å². The average Bonchev–Trinajstić information content (AvgIpc) is 2.75. The molecule has 0 aliphatic carbocycles. The molecule has 0 unspecified atom stereocenters. The number of unbranched alkanes of at least 4 members (excludes halogenated alkanes) is 12. The van der Waals surface area contributed by atoms with Gasteiger partial charge in [0.15, 0.2) is 0 Å². The van der Waals surface area contributed by atoms with E-state index in [1.807, 2.05) is 0 Å². The fraction of sp³-hybridized carbons (Fsp3) is 0.815. The predicted octanol–water partition coefficient (Wildman–Crippen LogP) is 6.42. The molecule has 0 radical (unpaired) electrons. The van der Waals surface area contributed by atoms with Crippen LogP contribution in [0.2, 0.25) is 0 Å². The van der Waals surface area contributed by atoms with Crippen molar-refractivity contribution >= 4 is 17.8 Å². The normalized spacial score (nSPS) is 11.5. The van der Waals surface area contributed by atoms with Crippen molar-refractivity contribution in [1.82, 2.24) is 5.32 Å². The predicted molar refractivity (Wildman–Crippen MR) is 134 cm³/mol. The molecule has 0 aliphatic heterocycles. The molecule has 0 saturated heterocycles. The number of hydrogen-bond acceptors (Lipinski definition) is 5. The summed E-state index contributed by atoms with van der Waals surface area (Å²) < 4.78 is 10.3. The van der Waals surface area contributed by atoms with Gasteiger partial charge in [0, 0.05) is 20.8 Å². The molecule has 192 valence electrons. The summed E-state index contributed by atoms with van der Waals surface area (Å²) in [4.78, 5) is 34.3. The monoisotopic (exact) mass is 467 g/mol. The van der Waals surface area contributed by atoms with Crippen molar-refractivity contribution in [3.8, 4) is 0 Å². The van der Waals surface area contributed by atoms with Crippen LogP contribution in [0.3, 0.4) is 0 Å². The van der Waals surface area contributed by atoms with Crippen LogP contribution in [0.25, 0.3) is 0 Å². The highest BCUT2D eigenvalue weighted by Crippen LogP contribution is 2.19. The van der Waals surface area contributed by atoms with Gasteiger partial charge in [0.1, 0.15) is 18.8 Å². The number of carbonyl (C=O) groups is 3. The Balaban J connectivity index is 4.05. The van der Waals surface area contributed by atoms with Gasteiger partial charge >= 0.3 is 11.9 Å². The standard InChI is InChI=1S/C27H49NO5/c1-5-6-7-8-9-10-11-12-13-14-15-16-17-18-19-20-21-27(28-24(2)29,22-32-25(3)30)23-33-26(4)31/h12-13H,5-11,14-23H2,1-4H3,(H,28,29)/b13-12+. The van der Waals surface area contributed by atoms with Crippen molar-refractivity contribution in [3.05, 3.63) is 12.2 Å². The molecular weight excluding hydrogens is 418 g/mol. The molecule has 0 atom stereocenters. The van der Waals surface area contributed by atoms with Crippen LogP contribution in [0, 0.1) is 0 Å². The Morgan fingerprint density at radius 2 is 1.09 bits per heavy atom. The van der Waals surface area contributed by atoms with Crippen LogP contribution in [0.15, 0.2) is 12.2 Å². The van der Waals surface area contributed by atoms with E-state index in [4.69, 9.17) is 9.47 Å². The zero-order valence-electron chi connectivity index (χ0n) is 21.7. The Hall–Kier alpha value is -1.85. The summed E-state index contributed by atoms with van der Waals surface area (Å²) in [6.45, 7) is 6.32. The Kier molecular flexibility index (Phi) is 19.6. The molecule has 33 heavy (non-hydrogen) atoms. The third-order valence-electron chi connectivity index (χ3n) is 5.71. The molecule has 0 heterocycles. The number of nitrogens with one attached hydrogen (secondary N) is 1. The first-order valence-corrected chi connectivity index (χ1v) is 13.0. The third-order valence-corrected chi connectivity index (χ3v) is 5.71. The van der Waals surface area contributed by atoms with E-state index in [1.165, 1.54) is 85.0 Å². The Morgan fingerprint density at radius 3 is 1.52 bits per heavy atom. The second kappa shape index (κ2) is 20.7. The molecule has 0 bridgehead atoms. The molecule has 0 aromatic rings. The maximum atomic E-state index is 11.7. The number of esters is 2. The number of carbonyl (C=O) groups excluding carboxylic acids is 3. The number of amides is 1. The number of rotatable bonds is 21. The Bertz CT molecular complexity index is 541. The number of ether oxygens (including phenoxy) is 2. The van der Waals surface area contributed by atoms with Gasteiger partial charge in [0.2, 0.25) is 5.91 Å². The lowest BCUT2D eigenvalue weighted by Gasteiger charge is -2.33. The maximum Gasteiger partial charge on any atom is 0.302 e. The third kappa shape index (κ3) is 20.5. The Morgan fingerprint density at radius 1 is 0.667 bits per heavy atom. The molecule has 0 spiro atoms. The minimum atomic E-state index is -0.871. The Labute approximate surface area is 202 Å².